The molecule has 0 aliphatic carbocycles. The Morgan fingerprint density at radius 3 is 2.79 bits per heavy atom. The van der Waals surface area contributed by atoms with E-state index >= 15 is 0 Å². The monoisotopic (exact) mass is 253 g/mol. The number of nitrogens with zero attached hydrogens (tertiary/aromatic N) is 2. The molecule has 19 heavy (non-hydrogen) atoms. The molecule has 1 aliphatic rings. The number of hydrogen-bond acceptors (Lipinski definition) is 3. The van der Waals surface area contributed by atoms with Crippen molar-refractivity contribution in [3.63, 3.8) is 0 Å². The van der Waals surface area contributed by atoms with Crippen molar-refractivity contribution in [1.29, 1.82) is 0 Å². The summed E-state index contributed by atoms with van der Waals surface area (Å²) in [6.07, 6.45) is 4.17. The Balaban J connectivity index is 1.94. The van der Waals surface area contributed by atoms with Gasteiger partial charge in [0.25, 0.3) is 0 Å². The number of nitrogens with two attached hydrogens (primary N) is 1. The molecule has 98 valence electrons. The van der Waals surface area contributed by atoms with Crippen molar-refractivity contribution in [1.82, 2.24) is 4.98 Å². The molecule has 3 heteroatoms. The third-order valence-corrected chi connectivity index (χ3v) is 3.74. The number of anilines is 1. The van der Waals surface area contributed by atoms with E-state index in [0.717, 1.165) is 37.3 Å². The van der Waals surface area contributed by atoms with E-state index in [-0.39, 0.29) is 0 Å². The molecule has 0 radical (unpaired) electrons. The Bertz CT molecular complexity index is 565. The molecule has 0 bridgehead atoms. The molecule has 0 saturated heterocycles. The van der Waals surface area contributed by atoms with Gasteiger partial charge in [-0.25, -0.2) is 4.98 Å². The highest BCUT2D eigenvalue weighted by Gasteiger charge is 2.17. The van der Waals surface area contributed by atoms with Gasteiger partial charge in [0.15, 0.2) is 0 Å². The van der Waals surface area contributed by atoms with Crippen LogP contribution in [0.1, 0.15) is 23.1 Å². The van der Waals surface area contributed by atoms with Crippen LogP contribution in [0.3, 0.4) is 0 Å². The zero-order chi connectivity index (χ0) is 13.1. The van der Waals surface area contributed by atoms with E-state index in [2.05, 4.69) is 40.2 Å². The highest BCUT2D eigenvalue weighted by Crippen LogP contribution is 2.24. The molecule has 2 aromatic rings. The molecule has 3 rings (SSSR count). The van der Waals surface area contributed by atoms with Gasteiger partial charge in [0.05, 0.1) is 0 Å². The van der Waals surface area contributed by atoms with Crippen LogP contribution in [0.15, 0.2) is 42.6 Å². The molecule has 1 aromatic heterocycles. The molecular formula is C16H19N3. The van der Waals surface area contributed by atoms with Gasteiger partial charge < -0.3 is 10.6 Å². The molecule has 0 spiro atoms. The SMILES string of the molecule is NCc1cccnc1N1CCCc2ccccc2C1. The Hall–Kier alpha value is -1.87. The molecular weight excluding hydrogens is 234 g/mol. The molecule has 2 heterocycles. The maximum absolute atomic E-state index is 5.82. The van der Waals surface area contributed by atoms with Crippen LogP contribution in [0.25, 0.3) is 0 Å². The van der Waals surface area contributed by atoms with Gasteiger partial charge in [-0.1, -0.05) is 30.3 Å². The summed E-state index contributed by atoms with van der Waals surface area (Å²) in [6, 6.07) is 12.7. The third kappa shape index (κ3) is 2.47. The van der Waals surface area contributed by atoms with Crippen molar-refractivity contribution < 1.29 is 0 Å². The minimum atomic E-state index is 0.543. The van der Waals surface area contributed by atoms with Crippen LogP contribution in [-0.2, 0) is 19.5 Å². The molecule has 3 nitrogen and oxygen atoms in total. The van der Waals surface area contributed by atoms with Crippen LogP contribution >= 0.6 is 0 Å². The summed E-state index contributed by atoms with van der Waals surface area (Å²) in [5, 5.41) is 0. The van der Waals surface area contributed by atoms with E-state index in [4.69, 9.17) is 5.73 Å². The topological polar surface area (TPSA) is 42.1 Å². The molecule has 0 amide bonds. The van der Waals surface area contributed by atoms with Gasteiger partial charge in [-0.3, -0.25) is 0 Å². The average Bonchev–Trinajstić information content (AvgIpc) is 2.69. The number of benzene rings is 1. The summed E-state index contributed by atoms with van der Waals surface area (Å²) in [7, 11) is 0. The first-order valence-corrected chi connectivity index (χ1v) is 6.84. The van der Waals surface area contributed by atoms with Gasteiger partial charge in [0.1, 0.15) is 5.82 Å². The first kappa shape index (κ1) is 12.2. The lowest BCUT2D eigenvalue weighted by Crippen LogP contribution is -2.25. The molecule has 1 aliphatic heterocycles. The van der Waals surface area contributed by atoms with Crippen molar-refractivity contribution in [3.8, 4) is 0 Å². The van der Waals surface area contributed by atoms with Crippen LogP contribution in [-0.4, -0.2) is 11.5 Å². The van der Waals surface area contributed by atoms with E-state index in [1.807, 2.05) is 12.3 Å². The van der Waals surface area contributed by atoms with E-state index in [9.17, 15) is 0 Å². The smallest absolute Gasteiger partial charge is 0.133 e. The van der Waals surface area contributed by atoms with Crippen LogP contribution in [0, 0.1) is 0 Å². The second kappa shape index (κ2) is 5.41. The number of fused-ring (bicyclic) bond motifs is 1. The normalized spacial score (nSPS) is 14.9. The lowest BCUT2D eigenvalue weighted by Gasteiger charge is -2.24. The van der Waals surface area contributed by atoms with Crippen molar-refractivity contribution in [3.05, 3.63) is 59.3 Å². The highest BCUT2D eigenvalue weighted by molar-refractivity contribution is 5.48. The fourth-order valence-corrected chi connectivity index (χ4v) is 2.76. The molecule has 0 fully saturated rings. The van der Waals surface area contributed by atoms with Crippen molar-refractivity contribution in [2.45, 2.75) is 25.9 Å². The second-order valence-corrected chi connectivity index (χ2v) is 4.98. The number of hydrogen-bond donors (Lipinski definition) is 1. The van der Waals surface area contributed by atoms with Crippen LogP contribution in [0.5, 0.6) is 0 Å². The molecule has 2 N–H and O–H groups in total. The highest BCUT2D eigenvalue weighted by atomic mass is 15.2. The molecule has 0 unspecified atom stereocenters. The summed E-state index contributed by atoms with van der Waals surface area (Å²) in [4.78, 5) is 6.89. The van der Waals surface area contributed by atoms with Gasteiger partial charge >= 0.3 is 0 Å². The minimum absolute atomic E-state index is 0.543. The Morgan fingerprint density at radius 1 is 1.11 bits per heavy atom. The Labute approximate surface area is 114 Å². The average molecular weight is 253 g/mol. The van der Waals surface area contributed by atoms with E-state index in [1.165, 1.54) is 11.1 Å². The molecule has 0 saturated carbocycles. The molecule has 0 atom stereocenters. The van der Waals surface area contributed by atoms with E-state index in [0.29, 0.717) is 6.54 Å². The number of pyridine rings is 1. The molecule has 1 aromatic carbocycles. The van der Waals surface area contributed by atoms with Gasteiger partial charge in [0.2, 0.25) is 0 Å². The first-order chi connectivity index (χ1) is 9.38. The predicted molar refractivity (Wildman–Crippen MR) is 77.9 cm³/mol. The predicted octanol–water partition coefficient (Wildman–Crippen LogP) is 2.49. The van der Waals surface area contributed by atoms with Gasteiger partial charge in [-0.2, -0.15) is 0 Å². The standard InChI is InChI=1S/C16H19N3/c17-11-14-7-3-9-18-16(14)19-10-4-8-13-5-1-2-6-15(13)12-19/h1-3,5-7,9H,4,8,10-12,17H2. The van der Waals surface area contributed by atoms with Crippen LogP contribution in [0.4, 0.5) is 5.82 Å². The summed E-state index contributed by atoms with van der Waals surface area (Å²) in [5.41, 5.74) is 9.83. The van der Waals surface area contributed by atoms with E-state index in [1.54, 1.807) is 0 Å². The van der Waals surface area contributed by atoms with Crippen LogP contribution in [0.2, 0.25) is 0 Å². The number of aryl methyl sites for hydroxylation is 1. The summed E-state index contributed by atoms with van der Waals surface area (Å²) in [5.74, 6) is 1.04. The van der Waals surface area contributed by atoms with Crippen molar-refractivity contribution in [2.24, 2.45) is 5.73 Å². The second-order valence-electron chi connectivity index (χ2n) is 4.98. The van der Waals surface area contributed by atoms with Gasteiger partial charge in [0, 0.05) is 31.4 Å². The minimum Gasteiger partial charge on any atom is -0.352 e. The zero-order valence-corrected chi connectivity index (χ0v) is 11.0. The largest absolute Gasteiger partial charge is 0.352 e. The Morgan fingerprint density at radius 2 is 1.95 bits per heavy atom. The maximum Gasteiger partial charge on any atom is 0.133 e. The van der Waals surface area contributed by atoms with Crippen molar-refractivity contribution >= 4 is 5.82 Å². The van der Waals surface area contributed by atoms with Gasteiger partial charge in [-0.05, 0) is 30.0 Å². The van der Waals surface area contributed by atoms with Gasteiger partial charge in [-0.15, -0.1) is 0 Å². The zero-order valence-electron chi connectivity index (χ0n) is 11.0. The first-order valence-electron chi connectivity index (χ1n) is 6.84. The lowest BCUT2D eigenvalue weighted by molar-refractivity contribution is 0.748. The van der Waals surface area contributed by atoms with E-state index < -0.39 is 0 Å². The summed E-state index contributed by atoms with van der Waals surface area (Å²) < 4.78 is 0. The number of rotatable bonds is 2. The number of aromatic nitrogens is 1. The van der Waals surface area contributed by atoms with Crippen molar-refractivity contribution in [2.75, 3.05) is 11.4 Å². The maximum atomic E-state index is 5.82. The summed E-state index contributed by atoms with van der Waals surface area (Å²) in [6.45, 7) is 2.51. The summed E-state index contributed by atoms with van der Waals surface area (Å²) >= 11 is 0. The van der Waals surface area contributed by atoms with Crippen LogP contribution < -0.4 is 10.6 Å². The third-order valence-electron chi connectivity index (χ3n) is 3.74. The lowest BCUT2D eigenvalue weighted by atomic mass is 10.0. The Kier molecular flexibility index (Phi) is 3.47. The fourth-order valence-electron chi connectivity index (χ4n) is 2.76. The quantitative estimate of drug-likeness (QED) is 0.894. The fraction of sp³-hybridized carbons (Fsp3) is 0.312.